The van der Waals surface area contributed by atoms with E-state index in [4.69, 9.17) is 69.6 Å². The summed E-state index contributed by atoms with van der Waals surface area (Å²) in [6, 6.07) is 5.41. The Morgan fingerprint density at radius 3 is 1.53 bits per heavy atom. The van der Waals surface area contributed by atoms with Gasteiger partial charge in [0.1, 0.15) is 15.2 Å². The highest BCUT2D eigenvalue weighted by molar-refractivity contribution is 6.55. The summed E-state index contributed by atoms with van der Waals surface area (Å²) < 4.78 is 0. The molecule has 0 atom stereocenters. The molecular weight excluding hydrogens is 375 g/mol. The molecule has 0 saturated heterocycles. The fraction of sp³-hybridized carbons (Fsp3) is 0. The van der Waals surface area contributed by atoms with Gasteiger partial charge in [-0.3, -0.25) is 0 Å². The van der Waals surface area contributed by atoms with Crippen LogP contribution in [0.5, 0.6) is 5.75 Å². The van der Waals surface area contributed by atoms with Crippen LogP contribution >= 0.6 is 69.6 Å². The minimum absolute atomic E-state index is 0.00904. The van der Waals surface area contributed by atoms with Gasteiger partial charge in [-0.25, -0.2) is 4.98 Å². The maximum absolute atomic E-state index is 9.20. The third-order valence-electron chi connectivity index (χ3n) is 1.82. The predicted molar refractivity (Wildman–Crippen MR) is 82.4 cm³/mol. The van der Waals surface area contributed by atoms with E-state index in [9.17, 15) is 5.11 Å². The summed E-state index contributed by atoms with van der Waals surface area (Å²) in [6.45, 7) is 0. The fourth-order valence-electron chi connectivity index (χ4n) is 0.935. The Bertz CT molecular complexity index is 470. The molecule has 2 nitrogen and oxygen atoms in total. The van der Waals surface area contributed by atoms with E-state index in [2.05, 4.69) is 4.98 Å². The SMILES string of the molecule is Clc1ccccn1.Oc1c(Cl)c(Cl)c(Cl)c(Cl)c1Cl. The predicted octanol–water partition coefficient (Wildman–Crippen LogP) is 6.39. The molecule has 2 rings (SSSR count). The zero-order valence-electron chi connectivity index (χ0n) is 8.97. The van der Waals surface area contributed by atoms with E-state index >= 15 is 0 Å². The van der Waals surface area contributed by atoms with Crippen molar-refractivity contribution >= 4 is 69.6 Å². The number of aromatic nitrogens is 1. The number of hydrogen-bond donors (Lipinski definition) is 1. The molecule has 1 aromatic carbocycles. The zero-order valence-corrected chi connectivity index (χ0v) is 13.5. The summed E-state index contributed by atoms with van der Waals surface area (Å²) in [5.41, 5.74) is 0. The summed E-state index contributed by atoms with van der Waals surface area (Å²) in [4.78, 5) is 3.74. The number of rotatable bonds is 0. The van der Waals surface area contributed by atoms with Crippen molar-refractivity contribution in [1.82, 2.24) is 4.98 Å². The highest BCUT2D eigenvalue weighted by atomic mass is 35.5. The molecule has 0 saturated carbocycles. The largest absolute Gasteiger partial charge is 0.505 e. The van der Waals surface area contributed by atoms with Gasteiger partial charge in [0.25, 0.3) is 0 Å². The maximum Gasteiger partial charge on any atom is 0.155 e. The van der Waals surface area contributed by atoms with Gasteiger partial charge in [0, 0.05) is 6.20 Å². The van der Waals surface area contributed by atoms with Crippen LogP contribution in [-0.2, 0) is 0 Å². The van der Waals surface area contributed by atoms with Crippen LogP contribution in [0.15, 0.2) is 24.4 Å². The Labute approximate surface area is 139 Å². The molecule has 0 amide bonds. The van der Waals surface area contributed by atoms with Gasteiger partial charge in [0.15, 0.2) is 5.75 Å². The quantitative estimate of drug-likeness (QED) is 0.326. The van der Waals surface area contributed by atoms with Gasteiger partial charge in [0.2, 0.25) is 0 Å². The number of aromatic hydroxyl groups is 1. The van der Waals surface area contributed by atoms with Crippen molar-refractivity contribution in [3.8, 4) is 5.75 Å². The first kappa shape index (κ1) is 17.0. The van der Waals surface area contributed by atoms with Gasteiger partial charge in [-0.15, -0.1) is 0 Å². The van der Waals surface area contributed by atoms with Gasteiger partial charge < -0.3 is 5.11 Å². The first-order valence-corrected chi connectivity index (χ1v) is 6.90. The molecule has 19 heavy (non-hydrogen) atoms. The van der Waals surface area contributed by atoms with E-state index in [-0.39, 0.29) is 30.9 Å². The summed E-state index contributed by atoms with van der Waals surface area (Å²) in [5.74, 6) is -0.363. The molecule has 0 aliphatic heterocycles. The van der Waals surface area contributed by atoms with Crippen molar-refractivity contribution in [3.05, 3.63) is 54.7 Å². The second-order valence-electron chi connectivity index (χ2n) is 3.07. The molecule has 1 aromatic heterocycles. The highest BCUT2D eigenvalue weighted by Crippen LogP contribution is 2.47. The lowest BCUT2D eigenvalue weighted by molar-refractivity contribution is 0.476. The van der Waals surface area contributed by atoms with Crippen LogP contribution in [0.2, 0.25) is 30.3 Å². The number of phenolic OH excluding ortho intramolecular Hbond substituents is 1. The second-order valence-corrected chi connectivity index (χ2v) is 5.35. The Kier molecular flexibility index (Phi) is 6.81. The minimum atomic E-state index is -0.363. The van der Waals surface area contributed by atoms with E-state index in [1.54, 1.807) is 12.3 Å². The molecule has 0 bridgehead atoms. The van der Waals surface area contributed by atoms with Crippen molar-refractivity contribution in [2.24, 2.45) is 0 Å². The first-order valence-electron chi connectivity index (χ1n) is 4.63. The van der Waals surface area contributed by atoms with Crippen molar-refractivity contribution in [2.75, 3.05) is 0 Å². The Morgan fingerprint density at radius 2 is 1.21 bits per heavy atom. The molecule has 2 aromatic rings. The van der Waals surface area contributed by atoms with Gasteiger partial charge in [-0.2, -0.15) is 0 Å². The Balaban J connectivity index is 0.000000218. The molecule has 1 N–H and O–H groups in total. The van der Waals surface area contributed by atoms with Gasteiger partial charge in [-0.1, -0.05) is 75.7 Å². The topological polar surface area (TPSA) is 33.1 Å². The first-order chi connectivity index (χ1) is 8.86. The maximum atomic E-state index is 9.20. The van der Waals surface area contributed by atoms with Crippen LogP contribution in [0.25, 0.3) is 0 Å². The Morgan fingerprint density at radius 1 is 0.737 bits per heavy atom. The monoisotopic (exact) mass is 377 g/mol. The van der Waals surface area contributed by atoms with Crippen molar-refractivity contribution < 1.29 is 5.11 Å². The molecule has 0 fully saturated rings. The lowest BCUT2D eigenvalue weighted by Gasteiger charge is -2.06. The van der Waals surface area contributed by atoms with Crippen molar-refractivity contribution in [2.45, 2.75) is 0 Å². The van der Waals surface area contributed by atoms with Crippen LogP contribution in [0.1, 0.15) is 0 Å². The summed E-state index contributed by atoms with van der Waals surface area (Å²) >= 11 is 33.3. The normalized spacial score (nSPS) is 9.79. The van der Waals surface area contributed by atoms with Crippen LogP contribution in [0, 0.1) is 0 Å². The summed E-state index contributed by atoms with van der Waals surface area (Å²) in [7, 11) is 0. The van der Waals surface area contributed by atoms with E-state index in [1.807, 2.05) is 12.1 Å². The van der Waals surface area contributed by atoms with E-state index in [1.165, 1.54) is 0 Å². The van der Waals surface area contributed by atoms with Crippen molar-refractivity contribution in [1.29, 1.82) is 0 Å². The molecule has 0 unspecified atom stereocenters. The van der Waals surface area contributed by atoms with Crippen LogP contribution < -0.4 is 0 Å². The fourth-order valence-corrected chi connectivity index (χ4v) is 2.19. The number of benzene rings is 1. The average Bonchev–Trinajstić information content (AvgIpc) is 2.42. The number of phenols is 1. The third kappa shape index (κ3) is 4.45. The molecule has 0 aliphatic carbocycles. The highest BCUT2D eigenvalue weighted by Gasteiger charge is 2.18. The summed E-state index contributed by atoms with van der Waals surface area (Å²) in [6.07, 6.45) is 1.66. The lowest BCUT2D eigenvalue weighted by Crippen LogP contribution is -1.78. The number of halogens is 6. The van der Waals surface area contributed by atoms with Crippen molar-refractivity contribution in [3.63, 3.8) is 0 Å². The van der Waals surface area contributed by atoms with Crippen LogP contribution in [0.3, 0.4) is 0 Å². The molecule has 102 valence electrons. The van der Waals surface area contributed by atoms with E-state index in [0.717, 1.165) is 0 Å². The third-order valence-corrected chi connectivity index (χ3v) is 4.30. The van der Waals surface area contributed by atoms with Gasteiger partial charge in [-0.05, 0) is 12.1 Å². The summed E-state index contributed by atoms with van der Waals surface area (Å²) in [5, 5.41) is 9.56. The van der Waals surface area contributed by atoms with Gasteiger partial charge in [0.05, 0.1) is 15.1 Å². The lowest BCUT2D eigenvalue weighted by atomic mass is 10.3. The molecule has 1 heterocycles. The van der Waals surface area contributed by atoms with Gasteiger partial charge >= 0.3 is 0 Å². The molecule has 0 spiro atoms. The minimum Gasteiger partial charge on any atom is -0.505 e. The van der Waals surface area contributed by atoms with E-state index in [0.29, 0.717) is 5.15 Å². The van der Waals surface area contributed by atoms with Crippen LogP contribution in [0.4, 0.5) is 0 Å². The van der Waals surface area contributed by atoms with E-state index < -0.39 is 0 Å². The number of nitrogens with zero attached hydrogens (tertiary/aromatic N) is 1. The standard InChI is InChI=1S/C6HCl5O.C5H4ClN/c7-1-2(8)4(10)6(12)5(11)3(1)9;6-5-3-1-2-4-7-5/h12H;1-4H. The zero-order chi connectivity index (χ0) is 14.6. The molecule has 8 heteroatoms. The smallest absolute Gasteiger partial charge is 0.155 e. The average molecular weight is 380 g/mol. The number of hydrogen-bond acceptors (Lipinski definition) is 2. The second kappa shape index (κ2) is 7.63. The number of pyridine rings is 1. The molecule has 0 radical (unpaired) electrons. The molecular formula is C11H5Cl6NO. The molecule has 0 aliphatic rings. The Hall–Kier alpha value is -0.0900. The van der Waals surface area contributed by atoms with Crippen LogP contribution in [-0.4, -0.2) is 10.1 Å².